The van der Waals surface area contributed by atoms with E-state index in [2.05, 4.69) is 62.5 Å². The molecule has 0 amide bonds. The Morgan fingerprint density at radius 1 is 1.29 bits per heavy atom. The Morgan fingerprint density at radius 3 is 2.75 bits per heavy atom. The summed E-state index contributed by atoms with van der Waals surface area (Å²) >= 11 is 5.67. The van der Waals surface area contributed by atoms with Crippen LogP contribution < -0.4 is 10.3 Å². The van der Waals surface area contributed by atoms with Crippen molar-refractivity contribution in [1.82, 2.24) is 9.66 Å². The normalized spacial score (nSPS) is 12.6. The molecule has 0 N–H and O–H groups in total. The van der Waals surface area contributed by atoms with Crippen LogP contribution in [0.2, 0.25) is 0 Å². The summed E-state index contributed by atoms with van der Waals surface area (Å²) in [7, 11) is 0. The Morgan fingerprint density at radius 2 is 2.07 bits per heavy atom. The van der Waals surface area contributed by atoms with Gasteiger partial charge in [-0.25, -0.2) is 4.98 Å². The Labute approximate surface area is 186 Å². The average molecular weight is 554 g/mol. The van der Waals surface area contributed by atoms with Gasteiger partial charge in [-0.2, -0.15) is 9.78 Å². The molecule has 1 atom stereocenters. The molecule has 0 aliphatic rings. The van der Waals surface area contributed by atoms with Crippen molar-refractivity contribution >= 4 is 55.6 Å². The number of hydrogen-bond acceptors (Lipinski definition) is 4. The fourth-order valence-electron chi connectivity index (χ4n) is 2.66. The number of benzene rings is 2. The third-order valence-electron chi connectivity index (χ3n) is 4.37. The van der Waals surface area contributed by atoms with E-state index in [1.54, 1.807) is 12.3 Å². The first-order valence-electron chi connectivity index (χ1n) is 9.14. The lowest BCUT2D eigenvalue weighted by Crippen LogP contribution is -2.22. The topological polar surface area (TPSA) is 56.5 Å². The number of aromatic nitrogens is 2. The summed E-state index contributed by atoms with van der Waals surface area (Å²) in [6.07, 6.45) is 3.41. The predicted octanol–water partition coefficient (Wildman–Crippen LogP) is 5.39. The van der Waals surface area contributed by atoms with Crippen LogP contribution in [0.3, 0.4) is 0 Å². The largest absolute Gasteiger partial charge is 0.490 e. The molecular formula is C21H21BrIN3O2. The summed E-state index contributed by atoms with van der Waals surface area (Å²) < 4.78 is 9.13. The maximum Gasteiger partial charge on any atom is 0.282 e. The Kier molecular flexibility index (Phi) is 6.87. The first-order valence-corrected chi connectivity index (χ1v) is 11.0. The second-order valence-corrected chi connectivity index (χ2v) is 8.51. The first-order chi connectivity index (χ1) is 13.4. The minimum absolute atomic E-state index is 0.168. The molecule has 0 radical (unpaired) electrons. The maximum absolute atomic E-state index is 12.9. The summed E-state index contributed by atoms with van der Waals surface area (Å²) in [5.74, 6) is 1.48. The van der Waals surface area contributed by atoms with Gasteiger partial charge in [0.05, 0.1) is 26.8 Å². The van der Waals surface area contributed by atoms with Gasteiger partial charge in [0, 0.05) is 10.9 Å². The van der Waals surface area contributed by atoms with Crippen molar-refractivity contribution in [2.24, 2.45) is 5.10 Å². The van der Waals surface area contributed by atoms with Crippen LogP contribution in [-0.2, 0) is 6.42 Å². The minimum Gasteiger partial charge on any atom is -0.490 e. The number of hydrogen-bond donors (Lipinski definition) is 0. The second kappa shape index (κ2) is 9.17. The van der Waals surface area contributed by atoms with Crippen LogP contribution in [0.25, 0.3) is 10.9 Å². The van der Waals surface area contributed by atoms with Crippen molar-refractivity contribution in [2.45, 2.75) is 39.7 Å². The molecular weight excluding hydrogens is 533 g/mol. The van der Waals surface area contributed by atoms with E-state index in [9.17, 15) is 4.79 Å². The van der Waals surface area contributed by atoms with Gasteiger partial charge in [0.15, 0.2) is 0 Å². The van der Waals surface area contributed by atoms with Crippen LogP contribution >= 0.6 is 38.5 Å². The monoisotopic (exact) mass is 553 g/mol. The molecule has 0 saturated carbocycles. The fourth-order valence-corrected chi connectivity index (χ4v) is 3.69. The molecule has 1 heterocycles. The van der Waals surface area contributed by atoms with Gasteiger partial charge >= 0.3 is 0 Å². The number of ether oxygens (including phenoxy) is 1. The van der Waals surface area contributed by atoms with E-state index in [4.69, 9.17) is 4.74 Å². The first kappa shape index (κ1) is 21.0. The smallest absolute Gasteiger partial charge is 0.282 e. The minimum atomic E-state index is -0.175. The van der Waals surface area contributed by atoms with E-state index < -0.39 is 0 Å². The molecule has 0 unspecified atom stereocenters. The Hall–Kier alpha value is -1.74. The van der Waals surface area contributed by atoms with Crippen LogP contribution in [0.4, 0.5) is 0 Å². The van der Waals surface area contributed by atoms with Gasteiger partial charge in [0.2, 0.25) is 0 Å². The number of halogens is 2. The number of aryl methyl sites for hydroxylation is 1. The molecule has 0 saturated heterocycles. The summed E-state index contributed by atoms with van der Waals surface area (Å²) in [5, 5.41) is 4.97. The second-order valence-electron chi connectivity index (χ2n) is 6.43. The molecule has 2 aromatic carbocycles. The van der Waals surface area contributed by atoms with Crippen LogP contribution in [0.1, 0.15) is 38.6 Å². The molecule has 0 bridgehead atoms. The van der Waals surface area contributed by atoms with Crippen molar-refractivity contribution in [1.29, 1.82) is 0 Å². The third-order valence-corrected chi connectivity index (χ3v) is 5.71. The van der Waals surface area contributed by atoms with Gasteiger partial charge in [-0.1, -0.05) is 29.8 Å². The summed E-state index contributed by atoms with van der Waals surface area (Å²) in [4.78, 5) is 17.5. The van der Waals surface area contributed by atoms with Crippen LogP contribution in [0.5, 0.6) is 5.75 Å². The van der Waals surface area contributed by atoms with Gasteiger partial charge in [-0.3, -0.25) is 4.79 Å². The molecule has 0 aliphatic heterocycles. The highest BCUT2D eigenvalue weighted by molar-refractivity contribution is 14.1. The van der Waals surface area contributed by atoms with Gasteiger partial charge in [0.1, 0.15) is 11.6 Å². The fraction of sp³-hybridized carbons (Fsp3) is 0.286. The summed E-state index contributed by atoms with van der Waals surface area (Å²) in [5.41, 5.74) is 1.40. The highest BCUT2D eigenvalue weighted by Gasteiger charge is 2.10. The predicted molar refractivity (Wildman–Crippen MR) is 126 cm³/mol. The molecule has 7 heteroatoms. The Balaban J connectivity index is 1.98. The van der Waals surface area contributed by atoms with Gasteiger partial charge in [-0.15, -0.1) is 0 Å². The zero-order chi connectivity index (χ0) is 20.3. The van der Waals surface area contributed by atoms with Gasteiger partial charge in [-0.05, 0) is 77.9 Å². The molecule has 0 aliphatic carbocycles. The molecule has 0 spiro atoms. The number of rotatable bonds is 6. The lowest BCUT2D eigenvalue weighted by atomic mass is 10.2. The van der Waals surface area contributed by atoms with Crippen LogP contribution in [0.15, 0.2) is 50.8 Å². The SMILES string of the molecule is CCc1nc2ccc(Br)cc2c(=O)n1N=Cc1ccc(O[C@H](C)CC)c(I)c1. The lowest BCUT2D eigenvalue weighted by molar-refractivity contribution is 0.216. The van der Waals surface area contributed by atoms with E-state index in [0.29, 0.717) is 23.1 Å². The molecule has 3 aromatic rings. The highest BCUT2D eigenvalue weighted by atomic mass is 127. The number of fused-ring (bicyclic) bond motifs is 1. The van der Waals surface area contributed by atoms with Crippen molar-refractivity contribution < 1.29 is 4.74 Å². The lowest BCUT2D eigenvalue weighted by Gasteiger charge is -2.14. The van der Waals surface area contributed by atoms with E-state index in [-0.39, 0.29) is 11.7 Å². The molecule has 146 valence electrons. The molecule has 28 heavy (non-hydrogen) atoms. The van der Waals surface area contributed by atoms with Crippen molar-refractivity contribution in [3.63, 3.8) is 0 Å². The van der Waals surface area contributed by atoms with E-state index in [1.165, 1.54) is 4.68 Å². The Bertz CT molecular complexity index is 1090. The van der Waals surface area contributed by atoms with Crippen molar-refractivity contribution in [2.75, 3.05) is 0 Å². The zero-order valence-corrected chi connectivity index (χ0v) is 19.7. The van der Waals surface area contributed by atoms with E-state index >= 15 is 0 Å². The number of nitrogens with zero attached hydrogens (tertiary/aromatic N) is 3. The maximum atomic E-state index is 12.9. The highest BCUT2D eigenvalue weighted by Crippen LogP contribution is 2.23. The van der Waals surface area contributed by atoms with Gasteiger partial charge in [0.25, 0.3) is 5.56 Å². The van der Waals surface area contributed by atoms with Crippen molar-refractivity contribution in [3.8, 4) is 5.75 Å². The van der Waals surface area contributed by atoms with Crippen molar-refractivity contribution in [3.05, 3.63) is 66.2 Å². The quantitative estimate of drug-likeness (QED) is 0.304. The van der Waals surface area contributed by atoms with E-state index in [0.717, 1.165) is 25.8 Å². The molecule has 3 rings (SSSR count). The average Bonchev–Trinajstić information content (AvgIpc) is 2.69. The third kappa shape index (κ3) is 4.63. The van der Waals surface area contributed by atoms with Gasteiger partial charge < -0.3 is 4.74 Å². The summed E-state index contributed by atoms with van der Waals surface area (Å²) in [6, 6.07) is 11.4. The molecule has 0 fully saturated rings. The van der Waals surface area contributed by atoms with Crippen LogP contribution in [0, 0.1) is 3.57 Å². The van der Waals surface area contributed by atoms with Crippen LogP contribution in [-0.4, -0.2) is 22.0 Å². The molecule has 5 nitrogen and oxygen atoms in total. The zero-order valence-electron chi connectivity index (χ0n) is 15.9. The van der Waals surface area contributed by atoms with E-state index in [1.807, 2.05) is 37.3 Å². The molecule has 1 aromatic heterocycles. The summed E-state index contributed by atoms with van der Waals surface area (Å²) in [6.45, 7) is 6.11. The standard InChI is InChI=1S/C21H21BrIN3O2/c1-4-13(3)28-19-9-6-14(10-17(19)23)12-24-26-20(5-2)25-18-8-7-15(22)11-16(18)21(26)27/h6-13H,4-5H2,1-3H3/t13-/m1/s1.